The maximum atomic E-state index is 5.87. The van der Waals surface area contributed by atoms with Crippen LogP contribution in [0.25, 0.3) is 0 Å². The van der Waals surface area contributed by atoms with Crippen LogP contribution >= 0.6 is 0 Å². The van der Waals surface area contributed by atoms with Crippen molar-refractivity contribution in [2.24, 2.45) is 29.4 Å². The fraction of sp³-hybridized carbons (Fsp3) is 1.00. The standard InChI is InChI=1S/C15H30N2/c1-12(2)13-6-8-17(9-7-13)11-15-5-3-4-14(15)10-16/h12-15H,3-11,16H2,1-2H3. The molecule has 0 radical (unpaired) electrons. The lowest BCUT2D eigenvalue weighted by Gasteiger charge is -2.36. The van der Waals surface area contributed by atoms with Crippen LogP contribution in [0.1, 0.15) is 46.0 Å². The Morgan fingerprint density at radius 2 is 1.71 bits per heavy atom. The van der Waals surface area contributed by atoms with E-state index in [1.54, 1.807) is 0 Å². The molecule has 2 heteroatoms. The molecular weight excluding hydrogens is 208 g/mol. The number of hydrogen-bond donors (Lipinski definition) is 1. The molecule has 2 nitrogen and oxygen atoms in total. The Kier molecular flexibility index (Phi) is 4.87. The van der Waals surface area contributed by atoms with Crippen molar-refractivity contribution in [1.29, 1.82) is 0 Å². The summed E-state index contributed by atoms with van der Waals surface area (Å²) in [6, 6.07) is 0. The van der Waals surface area contributed by atoms with E-state index in [-0.39, 0.29) is 0 Å². The zero-order valence-corrected chi connectivity index (χ0v) is 11.7. The number of piperidine rings is 1. The van der Waals surface area contributed by atoms with Crippen LogP contribution in [0.2, 0.25) is 0 Å². The number of hydrogen-bond acceptors (Lipinski definition) is 2. The van der Waals surface area contributed by atoms with Gasteiger partial charge >= 0.3 is 0 Å². The lowest BCUT2D eigenvalue weighted by molar-refractivity contribution is 0.130. The van der Waals surface area contributed by atoms with E-state index in [0.29, 0.717) is 0 Å². The maximum absolute atomic E-state index is 5.87. The van der Waals surface area contributed by atoms with Gasteiger partial charge in [0.25, 0.3) is 0 Å². The molecule has 1 aliphatic carbocycles. The summed E-state index contributed by atoms with van der Waals surface area (Å²) in [6.45, 7) is 9.65. The van der Waals surface area contributed by atoms with Crippen LogP contribution in [0.4, 0.5) is 0 Å². The first-order chi connectivity index (χ1) is 8.20. The second-order valence-corrected chi connectivity index (χ2v) is 6.57. The minimum atomic E-state index is 0.817. The van der Waals surface area contributed by atoms with Gasteiger partial charge in [0.05, 0.1) is 0 Å². The van der Waals surface area contributed by atoms with Crippen molar-refractivity contribution in [3.05, 3.63) is 0 Å². The zero-order valence-electron chi connectivity index (χ0n) is 11.7. The molecule has 2 unspecified atom stereocenters. The molecule has 1 aliphatic heterocycles. The molecule has 1 saturated carbocycles. The van der Waals surface area contributed by atoms with E-state index >= 15 is 0 Å². The van der Waals surface area contributed by atoms with E-state index in [4.69, 9.17) is 5.73 Å². The van der Waals surface area contributed by atoms with Gasteiger partial charge in [-0.1, -0.05) is 20.3 Å². The van der Waals surface area contributed by atoms with Gasteiger partial charge in [0.15, 0.2) is 0 Å². The first-order valence-corrected chi connectivity index (χ1v) is 7.63. The van der Waals surface area contributed by atoms with Gasteiger partial charge in [-0.25, -0.2) is 0 Å². The molecule has 2 fully saturated rings. The van der Waals surface area contributed by atoms with Gasteiger partial charge in [0.2, 0.25) is 0 Å². The smallest absolute Gasteiger partial charge is 0.00128 e. The molecule has 100 valence electrons. The third-order valence-corrected chi connectivity index (χ3v) is 5.19. The number of nitrogens with zero attached hydrogens (tertiary/aromatic N) is 1. The average molecular weight is 238 g/mol. The first-order valence-electron chi connectivity index (χ1n) is 7.63. The van der Waals surface area contributed by atoms with Gasteiger partial charge in [0, 0.05) is 6.54 Å². The quantitative estimate of drug-likeness (QED) is 0.816. The van der Waals surface area contributed by atoms with Gasteiger partial charge in [-0.15, -0.1) is 0 Å². The Morgan fingerprint density at radius 1 is 1.06 bits per heavy atom. The molecule has 2 aliphatic rings. The van der Waals surface area contributed by atoms with E-state index in [0.717, 1.165) is 30.2 Å². The zero-order chi connectivity index (χ0) is 12.3. The number of nitrogens with two attached hydrogens (primary N) is 1. The fourth-order valence-corrected chi connectivity index (χ4v) is 3.80. The summed E-state index contributed by atoms with van der Waals surface area (Å²) in [6.07, 6.45) is 7.04. The van der Waals surface area contributed by atoms with Crippen molar-refractivity contribution in [2.75, 3.05) is 26.2 Å². The minimum Gasteiger partial charge on any atom is -0.330 e. The molecule has 2 atom stereocenters. The molecular formula is C15H30N2. The second kappa shape index (κ2) is 6.19. The lowest BCUT2D eigenvalue weighted by atomic mass is 9.86. The summed E-state index contributed by atoms with van der Waals surface area (Å²) in [4.78, 5) is 2.71. The Balaban J connectivity index is 1.74. The predicted molar refractivity (Wildman–Crippen MR) is 73.9 cm³/mol. The van der Waals surface area contributed by atoms with Gasteiger partial charge < -0.3 is 10.6 Å². The van der Waals surface area contributed by atoms with E-state index in [1.807, 2.05) is 0 Å². The molecule has 2 rings (SSSR count). The highest BCUT2D eigenvalue weighted by atomic mass is 15.1. The monoisotopic (exact) mass is 238 g/mol. The molecule has 0 spiro atoms. The van der Waals surface area contributed by atoms with Gasteiger partial charge in [-0.05, 0) is 69.0 Å². The summed E-state index contributed by atoms with van der Waals surface area (Å²) in [5, 5.41) is 0. The fourth-order valence-electron chi connectivity index (χ4n) is 3.80. The van der Waals surface area contributed by atoms with E-state index < -0.39 is 0 Å². The second-order valence-electron chi connectivity index (χ2n) is 6.57. The summed E-state index contributed by atoms with van der Waals surface area (Å²) in [7, 11) is 0. The van der Waals surface area contributed by atoms with Crippen molar-refractivity contribution < 1.29 is 0 Å². The third-order valence-electron chi connectivity index (χ3n) is 5.19. The van der Waals surface area contributed by atoms with E-state index in [1.165, 1.54) is 51.7 Å². The number of rotatable bonds is 4. The molecule has 1 saturated heterocycles. The van der Waals surface area contributed by atoms with Crippen LogP contribution in [-0.4, -0.2) is 31.1 Å². The van der Waals surface area contributed by atoms with Gasteiger partial charge in [-0.2, -0.15) is 0 Å². The van der Waals surface area contributed by atoms with Crippen LogP contribution in [-0.2, 0) is 0 Å². The lowest BCUT2D eigenvalue weighted by Crippen LogP contribution is -2.39. The summed E-state index contributed by atoms with van der Waals surface area (Å²) in [5.41, 5.74) is 5.87. The van der Waals surface area contributed by atoms with Crippen molar-refractivity contribution >= 4 is 0 Å². The summed E-state index contributed by atoms with van der Waals surface area (Å²) in [5.74, 6) is 3.56. The van der Waals surface area contributed by atoms with E-state index in [9.17, 15) is 0 Å². The molecule has 0 aromatic carbocycles. The highest BCUT2D eigenvalue weighted by molar-refractivity contribution is 4.83. The highest BCUT2D eigenvalue weighted by Crippen LogP contribution is 2.33. The SMILES string of the molecule is CC(C)C1CCN(CC2CCCC2CN)CC1. The highest BCUT2D eigenvalue weighted by Gasteiger charge is 2.29. The Hall–Kier alpha value is -0.0800. The van der Waals surface area contributed by atoms with Crippen LogP contribution in [0.5, 0.6) is 0 Å². The predicted octanol–water partition coefficient (Wildman–Crippen LogP) is 2.73. The largest absolute Gasteiger partial charge is 0.330 e. The van der Waals surface area contributed by atoms with Crippen molar-refractivity contribution in [3.63, 3.8) is 0 Å². The Labute approximate surface area is 107 Å². The molecule has 0 aromatic heterocycles. The van der Waals surface area contributed by atoms with E-state index in [2.05, 4.69) is 18.7 Å². The van der Waals surface area contributed by atoms with Crippen LogP contribution in [0.3, 0.4) is 0 Å². The van der Waals surface area contributed by atoms with Crippen molar-refractivity contribution in [3.8, 4) is 0 Å². The van der Waals surface area contributed by atoms with Crippen LogP contribution in [0.15, 0.2) is 0 Å². The maximum Gasteiger partial charge on any atom is 0.00128 e. The van der Waals surface area contributed by atoms with Gasteiger partial charge in [-0.3, -0.25) is 0 Å². The molecule has 1 heterocycles. The van der Waals surface area contributed by atoms with Crippen LogP contribution in [0, 0.1) is 23.7 Å². The number of likely N-dealkylation sites (tertiary alicyclic amines) is 1. The summed E-state index contributed by atoms with van der Waals surface area (Å²) < 4.78 is 0. The van der Waals surface area contributed by atoms with Crippen molar-refractivity contribution in [2.45, 2.75) is 46.0 Å². The summed E-state index contributed by atoms with van der Waals surface area (Å²) >= 11 is 0. The van der Waals surface area contributed by atoms with Crippen molar-refractivity contribution in [1.82, 2.24) is 4.90 Å². The van der Waals surface area contributed by atoms with Gasteiger partial charge in [0.1, 0.15) is 0 Å². The van der Waals surface area contributed by atoms with Crippen LogP contribution < -0.4 is 5.73 Å². The Morgan fingerprint density at radius 3 is 2.29 bits per heavy atom. The Bertz CT molecular complexity index is 219. The first kappa shape index (κ1) is 13.4. The molecule has 0 bridgehead atoms. The normalized spacial score (nSPS) is 32.5. The third kappa shape index (κ3) is 3.45. The topological polar surface area (TPSA) is 29.3 Å². The molecule has 0 amide bonds. The molecule has 2 N–H and O–H groups in total. The minimum absolute atomic E-state index is 0.817. The molecule has 0 aromatic rings. The molecule has 17 heavy (non-hydrogen) atoms. The average Bonchev–Trinajstić information content (AvgIpc) is 2.77.